The minimum absolute atomic E-state index is 0.227. The molecule has 2 rings (SSSR count). The van der Waals surface area contributed by atoms with Gasteiger partial charge in [0.15, 0.2) is 0 Å². The molecular weight excluding hydrogens is 241 g/mol. The Labute approximate surface area is 114 Å². The number of rotatable bonds is 3. The Balaban J connectivity index is 2.25. The molecule has 0 amide bonds. The lowest BCUT2D eigenvalue weighted by molar-refractivity contribution is -0.00825. The van der Waals surface area contributed by atoms with Crippen molar-refractivity contribution < 1.29 is 9.50 Å². The van der Waals surface area contributed by atoms with Crippen LogP contribution in [0.3, 0.4) is 0 Å². The molecule has 1 atom stereocenters. The van der Waals surface area contributed by atoms with Crippen molar-refractivity contribution in [2.75, 3.05) is 6.54 Å². The van der Waals surface area contributed by atoms with E-state index in [0.717, 1.165) is 31.2 Å². The Morgan fingerprint density at radius 3 is 2.58 bits per heavy atom. The average molecular weight is 265 g/mol. The van der Waals surface area contributed by atoms with Crippen molar-refractivity contribution in [1.82, 2.24) is 0 Å². The van der Waals surface area contributed by atoms with Crippen LogP contribution in [0.2, 0.25) is 0 Å². The Kier molecular flexibility index (Phi) is 4.26. The van der Waals surface area contributed by atoms with E-state index in [1.165, 1.54) is 6.07 Å². The molecule has 1 saturated carbocycles. The molecule has 1 fully saturated rings. The van der Waals surface area contributed by atoms with Crippen LogP contribution in [0.1, 0.15) is 49.8 Å². The number of halogens is 1. The molecule has 1 aliphatic carbocycles. The van der Waals surface area contributed by atoms with Crippen LogP contribution in [0.25, 0.3) is 0 Å². The van der Waals surface area contributed by atoms with Crippen molar-refractivity contribution in [3.8, 4) is 0 Å². The van der Waals surface area contributed by atoms with Crippen molar-refractivity contribution >= 4 is 0 Å². The SMILES string of the molecule is Cc1cc(C(O)C2(CN)CCC(C)CC2)ccc1F. The van der Waals surface area contributed by atoms with Crippen LogP contribution in [0, 0.1) is 24.1 Å². The number of aliphatic hydroxyl groups excluding tert-OH is 1. The number of hydrogen-bond acceptors (Lipinski definition) is 2. The Bertz CT molecular complexity index is 438. The van der Waals surface area contributed by atoms with Gasteiger partial charge in [-0.1, -0.05) is 31.9 Å². The summed E-state index contributed by atoms with van der Waals surface area (Å²) < 4.78 is 13.3. The van der Waals surface area contributed by atoms with Gasteiger partial charge in [-0.3, -0.25) is 0 Å². The molecular formula is C16H24FNO. The van der Waals surface area contributed by atoms with Gasteiger partial charge in [-0.15, -0.1) is 0 Å². The van der Waals surface area contributed by atoms with E-state index < -0.39 is 6.10 Å². The van der Waals surface area contributed by atoms with Gasteiger partial charge in [-0.05, 0) is 42.9 Å². The van der Waals surface area contributed by atoms with Crippen LogP contribution in [-0.4, -0.2) is 11.7 Å². The fourth-order valence-electron chi connectivity index (χ4n) is 3.12. The van der Waals surface area contributed by atoms with Gasteiger partial charge in [0.25, 0.3) is 0 Å². The predicted molar refractivity (Wildman–Crippen MR) is 75.2 cm³/mol. The van der Waals surface area contributed by atoms with Crippen LogP contribution in [-0.2, 0) is 0 Å². The van der Waals surface area contributed by atoms with E-state index in [1.807, 2.05) is 0 Å². The normalized spacial score (nSPS) is 29.2. The third kappa shape index (κ3) is 2.82. The largest absolute Gasteiger partial charge is 0.388 e. The zero-order chi connectivity index (χ0) is 14.0. The predicted octanol–water partition coefficient (Wildman–Crippen LogP) is 3.32. The molecule has 0 spiro atoms. The molecule has 0 aromatic heterocycles. The third-order valence-corrected chi connectivity index (χ3v) is 4.75. The van der Waals surface area contributed by atoms with Crippen LogP contribution in [0.5, 0.6) is 0 Å². The molecule has 1 aliphatic rings. The van der Waals surface area contributed by atoms with Crippen molar-refractivity contribution in [1.29, 1.82) is 0 Å². The van der Waals surface area contributed by atoms with E-state index in [9.17, 15) is 9.50 Å². The molecule has 0 radical (unpaired) electrons. The number of nitrogens with two attached hydrogens (primary N) is 1. The first-order chi connectivity index (χ1) is 8.98. The quantitative estimate of drug-likeness (QED) is 0.880. The lowest BCUT2D eigenvalue weighted by atomic mass is 9.66. The first-order valence-electron chi connectivity index (χ1n) is 7.13. The molecule has 106 valence electrons. The zero-order valence-electron chi connectivity index (χ0n) is 11.8. The van der Waals surface area contributed by atoms with Crippen molar-refractivity contribution in [2.24, 2.45) is 17.1 Å². The third-order valence-electron chi connectivity index (χ3n) is 4.75. The molecule has 0 bridgehead atoms. The topological polar surface area (TPSA) is 46.2 Å². The molecule has 19 heavy (non-hydrogen) atoms. The number of hydrogen-bond donors (Lipinski definition) is 2. The highest BCUT2D eigenvalue weighted by molar-refractivity contribution is 5.27. The Morgan fingerprint density at radius 1 is 1.42 bits per heavy atom. The monoisotopic (exact) mass is 265 g/mol. The summed E-state index contributed by atoms with van der Waals surface area (Å²) in [5.74, 6) is 0.483. The molecule has 3 N–H and O–H groups in total. The highest BCUT2D eigenvalue weighted by Gasteiger charge is 2.40. The minimum atomic E-state index is -0.593. The minimum Gasteiger partial charge on any atom is -0.388 e. The summed E-state index contributed by atoms with van der Waals surface area (Å²) in [5, 5.41) is 10.7. The van der Waals surface area contributed by atoms with Crippen molar-refractivity contribution in [3.63, 3.8) is 0 Å². The van der Waals surface area contributed by atoms with Gasteiger partial charge >= 0.3 is 0 Å². The molecule has 0 aliphatic heterocycles. The first kappa shape index (κ1) is 14.5. The summed E-state index contributed by atoms with van der Waals surface area (Å²) in [6.07, 6.45) is 3.51. The van der Waals surface area contributed by atoms with Gasteiger partial charge in [-0.25, -0.2) is 4.39 Å². The van der Waals surface area contributed by atoms with Crippen molar-refractivity contribution in [2.45, 2.75) is 45.6 Å². The van der Waals surface area contributed by atoms with E-state index in [2.05, 4.69) is 6.92 Å². The maximum absolute atomic E-state index is 13.3. The smallest absolute Gasteiger partial charge is 0.126 e. The molecule has 1 aromatic carbocycles. The van der Waals surface area contributed by atoms with E-state index in [-0.39, 0.29) is 11.2 Å². The summed E-state index contributed by atoms with van der Waals surface area (Å²) in [7, 11) is 0. The molecule has 2 nitrogen and oxygen atoms in total. The fourth-order valence-corrected chi connectivity index (χ4v) is 3.12. The van der Waals surface area contributed by atoms with E-state index >= 15 is 0 Å². The summed E-state index contributed by atoms with van der Waals surface area (Å²) in [4.78, 5) is 0. The maximum atomic E-state index is 13.3. The summed E-state index contributed by atoms with van der Waals surface area (Å²) >= 11 is 0. The first-order valence-corrected chi connectivity index (χ1v) is 7.13. The Morgan fingerprint density at radius 2 is 2.05 bits per heavy atom. The highest BCUT2D eigenvalue weighted by Crippen LogP contribution is 2.46. The van der Waals surface area contributed by atoms with Gasteiger partial charge in [0.2, 0.25) is 0 Å². The van der Waals surface area contributed by atoms with E-state index in [0.29, 0.717) is 18.0 Å². The van der Waals surface area contributed by atoms with Crippen LogP contribution in [0.4, 0.5) is 4.39 Å². The second kappa shape index (κ2) is 5.59. The highest BCUT2D eigenvalue weighted by atomic mass is 19.1. The number of aryl methyl sites for hydroxylation is 1. The van der Waals surface area contributed by atoms with Gasteiger partial charge in [0.05, 0.1) is 6.10 Å². The van der Waals surface area contributed by atoms with E-state index in [4.69, 9.17) is 5.73 Å². The van der Waals surface area contributed by atoms with Crippen LogP contribution in [0.15, 0.2) is 18.2 Å². The summed E-state index contributed by atoms with van der Waals surface area (Å²) in [6.45, 7) is 4.45. The molecule has 3 heteroatoms. The van der Waals surface area contributed by atoms with Gasteiger partial charge in [0.1, 0.15) is 5.82 Å². The number of benzene rings is 1. The maximum Gasteiger partial charge on any atom is 0.126 e. The second-order valence-corrected chi connectivity index (χ2v) is 6.16. The van der Waals surface area contributed by atoms with Gasteiger partial charge in [-0.2, -0.15) is 0 Å². The molecule has 1 unspecified atom stereocenters. The fraction of sp³-hybridized carbons (Fsp3) is 0.625. The van der Waals surface area contributed by atoms with Gasteiger partial charge < -0.3 is 10.8 Å². The average Bonchev–Trinajstić information content (AvgIpc) is 2.42. The van der Waals surface area contributed by atoms with Crippen molar-refractivity contribution in [3.05, 3.63) is 35.1 Å². The standard InChI is InChI=1S/C16H24FNO/c1-11-5-7-16(10-18,8-6-11)15(19)13-3-4-14(17)12(2)9-13/h3-4,9,11,15,19H,5-8,10,18H2,1-2H3. The summed E-state index contributed by atoms with van der Waals surface area (Å²) in [6, 6.07) is 4.86. The zero-order valence-corrected chi connectivity index (χ0v) is 11.8. The molecule has 0 saturated heterocycles. The summed E-state index contributed by atoms with van der Waals surface area (Å²) in [5.41, 5.74) is 7.08. The van der Waals surface area contributed by atoms with E-state index in [1.54, 1.807) is 19.1 Å². The second-order valence-electron chi connectivity index (χ2n) is 6.16. The lowest BCUT2D eigenvalue weighted by Crippen LogP contribution is -2.40. The molecule has 0 heterocycles. The lowest BCUT2D eigenvalue weighted by Gasteiger charge is -2.42. The number of aliphatic hydroxyl groups is 1. The van der Waals surface area contributed by atoms with Gasteiger partial charge in [0, 0.05) is 12.0 Å². The van der Waals surface area contributed by atoms with Crippen LogP contribution >= 0.6 is 0 Å². The Hall–Kier alpha value is -0.930. The van der Waals surface area contributed by atoms with Crippen LogP contribution < -0.4 is 5.73 Å². The molecule has 1 aromatic rings.